The number of hydrogen-bond donors (Lipinski definition) is 3. The molecular formula is C28H39N3O5. The molecule has 0 aromatic heterocycles. The van der Waals surface area contributed by atoms with Crippen LogP contribution in [0, 0.1) is 11.8 Å². The summed E-state index contributed by atoms with van der Waals surface area (Å²) in [5.74, 6) is -2.07. The number of ether oxygens (including phenoxy) is 1. The third kappa shape index (κ3) is 3.84. The van der Waals surface area contributed by atoms with Gasteiger partial charge in [0.1, 0.15) is 11.6 Å². The van der Waals surface area contributed by atoms with E-state index in [9.17, 15) is 19.5 Å². The molecule has 8 heteroatoms. The number of aliphatic hydroxyl groups is 1. The number of carbonyl (C=O) groups excluding carboxylic acids is 3. The molecule has 1 saturated carbocycles. The lowest BCUT2D eigenvalue weighted by atomic mass is 9.65. The second-order valence-electron chi connectivity index (χ2n) is 11.1. The maximum absolute atomic E-state index is 14.2. The van der Waals surface area contributed by atoms with E-state index in [2.05, 4.69) is 10.6 Å². The predicted molar refractivity (Wildman–Crippen MR) is 134 cm³/mol. The van der Waals surface area contributed by atoms with E-state index in [1.165, 1.54) is 6.42 Å². The van der Waals surface area contributed by atoms with Gasteiger partial charge in [0.2, 0.25) is 17.7 Å². The second kappa shape index (κ2) is 9.78. The molecule has 2 unspecified atom stereocenters. The van der Waals surface area contributed by atoms with Gasteiger partial charge in [0, 0.05) is 13.1 Å². The molecular weight excluding hydrogens is 458 g/mol. The molecule has 2 bridgehead atoms. The van der Waals surface area contributed by atoms with Gasteiger partial charge in [0.15, 0.2) is 0 Å². The summed E-state index contributed by atoms with van der Waals surface area (Å²) in [7, 11) is 1.58. The second-order valence-corrected chi connectivity index (χ2v) is 11.1. The number of benzene rings is 1. The van der Waals surface area contributed by atoms with Crippen molar-refractivity contribution in [2.24, 2.45) is 11.8 Å². The topological polar surface area (TPSA) is 108 Å². The molecule has 0 radical (unpaired) electrons. The van der Waals surface area contributed by atoms with Gasteiger partial charge in [-0.2, -0.15) is 0 Å². The van der Waals surface area contributed by atoms with Crippen molar-refractivity contribution in [3.05, 3.63) is 35.9 Å². The number of fused-ring (bicyclic) bond motifs is 1. The predicted octanol–water partition coefficient (Wildman–Crippen LogP) is 1.94. The highest BCUT2D eigenvalue weighted by atomic mass is 16.5. The molecule has 1 spiro atoms. The Kier molecular flexibility index (Phi) is 6.85. The minimum atomic E-state index is -1.06. The minimum Gasteiger partial charge on any atom is -0.394 e. The smallest absolute Gasteiger partial charge is 0.246 e. The largest absolute Gasteiger partial charge is 0.394 e. The number of carbonyl (C=O) groups is 3. The normalized spacial score (nSPS) is 34.5. The van der Waals surface area contributed by atoms with Gasteiger partial charge < -0.3 is 25.4 Å². The van der Waals surface area contributed by atoms with E-state index in [0.717, 1.165) is 31.2 Å². The standard InChI is InChI=1S/C28H39N3O5/c1-3-27-14-15-28(36-27)22(21(27)24(33)29-2)26(35)31(20(17-32)16-18-10-6-4-7-11-18)23(28)25(34)30-19-12-8-5-9-13-19/h4,6-7,10-11,19-23,32H,3,5,8-9,12-17H2,1-2H3,(H,29,33)(H,30,34)/t20-,21-,22+,23?,27+,28?/m1/s1. The number of amides is 3. The number of likely N-dealkylation sites (tertiary alicyclic amines) is 1. The SMILES string of the molecule is CC[C@@]12CCC3(O1)C(C(=O)NC1CCCCC1)N([C@@H](CO)Cc1ccccc1)C(=O)[C@@H]3[C@@H]2C(=O)NC. The number of nitrogens with zero attached hydrogens (tertiary/aromatic N) is 1. The van der Waals surface area contributed by atoms with Gasteiger partial charge >= 0.3 is 0 Å². The summed E-state index contributed by atoms with van der Waals surface area (Å²) >= 11 is 0. The van der Waals surface area contributed by atoms with Crippen molar-refractivity contribution in [1.29, 1.82) is 0 Å². The Bertz CT molecular complexity index is 996. The molecule has 3 heterocycles. The van der Waals surface area contributed by atoms with Crippen LogP contribution in [0.4, 0.5) is 0 Å². The molecule has 5 rings (SSSR count). The zero-order chi connectivity index (χ0) is 25.5. The van der Waals surface area contributed by atoms with Crippen molar-refractivity contribution in [3.8, 4) is 0 Å². The van der Waals surface area contributed by atoms with Gasteiger partial charge in [-0.15, -0.1) is 0 Å². The summed E-state index contributed by atoms with van der Waals surface area (Å²) in [6, 6.07) is 8.30. The summed E-state index contributed by atoms with van der Waals surface area (Å²) in [5.41, 5.74) is -0.833. The van der Waals surface area contributed by atoms with Crippen molar-refractivity contribution < 1.29 is 24.2 Å². The first-order chi connectivity index (χ1) is 17.4. The average molecular weight is 498 g/mol. The Morgan fingerprint density at radius 2 is 1.86 bits per heavy atom. The van der Waals surface area contributed by atoms with Crippen molar-refractivity contribution in [2.45, 2.75) is 94.0 Å². The molecule has 4 fully saturated rings. The molecule has 36 heavy (non-hydrogen) atoms. The van der Waals surface area contributed by atoms with Gasteiger partial charge in [0.25, 0.3) is 0 Å². The minimum absolute atomic E-state index is 0.0776. The molecule has 6 atom stereocenters. The Morgan fingerprint density at radius 1 is 1.14 bits per heavy atom. The number of aliphatic hydroxyl groups excluding tert-OH is 1. The first-order valence-electron chi connectivity index (χ1n) is 13.6. The molecule has 1 aromatic carbocycles. The van der Waals surface area contributed by atoms with E-state index in [0.29, 0.717) is 25.7 Å². The lowest BCUT2D eigenvalue weighted by molar-refractivity contribution is -0.151. The highest BCUT2D eigenvalue weighted by Gasteiger charge is 2.79. The Morgan fingerprint density at radius 3 is 2.50 bits per heavy atom. The molecule has 8 nitrogen and oxygen atoms in total. The third-order valence-electron chi connectivity index (χ3n) is 9.27. The maximum atomic E-state index is 14.2. The van der Waals surface area contributed by atoms with Crippen LogP contribution >= 0.6 is 0 Å². The maximum Gasteiger partial charge on any atom is 0.246 e. The van der Waals surface area contributed by atoms with Crippen LogP contribution in [0.5, 0.6) is 0 Å². The number of hydrogen-bond acceptors (Lipinski definition) is 5. The molecule has 4 aliphatic rings. The molecule has 3 saturated heterocycles. The van der Waals surface area contributed by atoms with E-state index < -0.39 is 35.1 Å². The number of nitrogens with one attached hydrogen (secondary N) is 2. The molecule has 1 aliphatic carbocycles. The summed E-state index contributed by atoms with van der Waals surface area (Å²) in [4.78, 5) is 43.0. The van der Waals surface area contributed by atoms with Crippen LogP contribution < -0.4 is 10.6 Å². The highest BCUT2D eigenvalue weighted by Crippen LogP contribution is 2.64. The zero-order valence-corrected chi connectivity index (χ0v) is 21.4. The van der Waals surface area contributed by atoms with Crippen molar-refractivity contribution in [1.82, 2.24) is 15.5 Å². The van der Waals surface area contributed by atoms with E-state index in [1.54, 1.807) is 11.9 Å². The summed E-state index contributed by atoms with van der Waals surface area (Å²) in [6.45, 7) is 1.71. The van der Waals surface area contributed by atoms with E-state index in [-0.39, 0.29) is 30.4 Å². The van der Waals surface area contributed by atoms with E-state index in [1.807, 2.05) is 37.3 Å². The summed E-state index contributed by atoms with van der Waals surface area (Å²) in [5, 5.41) is 16.5. The first kappa shape index (κ1) is 25.2. The molecule has 1 aromatic rings. The average Bonchev–Trinajstić information content (AvgIpc) is 3.51. The molecule has 3 N–H and O–H groups in total. The Balaban J connectivity index is 1.55. The first-order valence-corrected chi connectivity index (χ1v) is 13.6. The van der Waals surface area contributed by atoms with Gasteiger partial charge in [-0.05, 0) is 44.1 Å². The van der Waals surface area contributed by atoms with Crippen LogP contribution in [0.15, 0.2) is 30.3 Å². The molecule has 3 amide bonds. The van der Waals surface area contributed by atoms with Gasteiger partial charge in [-0.25, -0.2) is 0 Å². The fourth-order valence-corrected chi connectivity index (χ4v) is 7.57. The quantitative estimate of drug-likeness (QED) is 0.509. The van der Waals surface area contributed by atoms with Crippen LogP contribution in [0.1, 0.15) is 63.9 Å². The summed E-state index contributed by atoms with van der Waals surface area (Å²) in [6.07, 6.45) is 7.38. The lowest BCUT2D eigenvalue weighted by Gasteiger charge is -2.38. The monoisotopic (exact) mass is 497 g/mol. The van der Waals surface area contributed by atoms with E-state index in [4.69, 9.17) is 4.74 Å². The van der Waals surface area contributed by atoms with Gasteiger partial charge in [-0.3, -0.25) is 14.4 Å². The Labute approximate surface area is 213 Å². The van der Waals surface area contributed by atoms with Crippen molar-refractivity contribution in [2.75, 3.05) is 13.7 Å². The van der Waals surface area contributed by atoms with Crippen LogP contribution in [0.2, 0.25) is 0 Å². The lowest BCUT2D eigenvalue weighted by Crippen LogP contribution is -2.59. The molecule has 3 aliphatic heterocycles. The summed E-state index contributed by atoms with van der Waals surface area (Å²) < 4.78 is 6.76. The van der Waals surface area contributed by atoms with Gasteiger partial charge in [0.05, 0.1) is 30.1 Å². The fourth-order valence-electron chi connectivity index (χ4n) is 7.57. The van der Waals surface area contributed by atoms with Gasteiger partial charge in [-0.1, -0.05) is 56.5 Å². The fraction of sp³-hybridized carbons (Fsp3) is 0.679. The van der Waals surface area contributed by atoms with Crippen molar-refractivity contribution >= 4 is 17.7 Å². The number of rotatable bonds is 8. The third-order valence-corrected chi connectivity index (χ3v) is 9.27. The van der Waals surface area contributed by atoms with Crippen LogP contribution in [-0.2, 0) is 25.5 Å². The zero-order valence-electron chi connectivity index (χ0n) is 21.4. The van der Waals surface area contributed by atoms with Crippen LogP contribution in [-0.4, -0.2) is 70.7 Å². The van der Waals surface area contributed by atoms with Crippen molar-refractivity contribution in [3.63, 3.8) is 0 Å². The molecule has 196 valence electrons. The van der Waals surface area contributed by atoms with E-state index >= 15 is 0 Å². The van der Waals surface area contributed by atoms with Crippen LogP contribution in [0.3, 0.4) is 0 Å². The Hall–Kier alpha value is -2.45. The van der Waals surface area contributed by atoms with Crippen LogP contribution in [0.25, 0.3) is 0 Å². The highest BCUT2D eigenvalue weighted by molar-refractivity contribution is 5.99.